The zero-order chi connectivity index (χ0) is 18.5. The van der Waals surface area contributed by atoms with Crippen LogP contribution in [0.2, 0.25) is 5.02 Å². The van der Waals surface area contributed by atoms with Gasteiger partial charge in [-0.1, -0.05) is 60.1 Å². The van der Waals surface area contributed by atoms with Gasteiger partial charge in [-0.05, 0) is 29.3 Å². The molecule has 3 rings (SSSR count). The Labute approximate surface area is 155 Å². The van der Waals surface area contributed by atoms with Gasteiger partial charge in [0.1, 0.15) is 18.2 Å². The molecular weight excluding hydrogens is 355 g/mol. The molecule has 26 heavy (non-hydrogen) atoms. The maximum absolute atomic E-state index is 14.5. The molecule has 0 unspecified atom stereocenters. The fourth-order valence-corrected chi connectivity index (χ4v) is 2.82. The minimum absolute atomic E-state index is 0.000136. The Kier molecular flexibility index (Phi) is 5.54. The van der Waals surface area contributed by atoms with E-state index >= 15 is 0 Å². The third kappa shape index (κ3) is 4.21. The molecule has 0 bridgehead atoms. The van der Waals surface area contributed by atoms with E-state index < -0.39 is 11.8 Å². The van der Waals surface area contributed by atoms with E-state index in [4.69, 9.17) is 21.4 Å². The molecule has 0 aliphatic carbocycles. The molecule has 0 aromatic heterocycles. The first-order valence-electron chi connectivity index (χ1n) is 8.00. The second kappa shape index (κ2) is 8.02. The maximum atomic E-state index is 14.5. The lowest BCUT2D eigenvalue weighted by atomic mass is 10.00. The van der Waals surface area contributed by atoms with Crippen LogP contribution in [0.5, 0.6) is 5.75 Å². The maximum Gasteiger partial charge on any atom is 0.307 e. The predicted octanol–water partition coefficient (Wildman–Crippen LogP) is 5.35. The van der Waals surface area contributed by atoms with Crippen molar-refractivity contribution in [2.45, 2.75) is 13.0 Å². The van der Waals surface area contributed by atoms with Crippen molar-refractivity contribution < 1.29 is 19.0 Å². The summed E-state index contributed by atoms with van der Waals surface area (Å²) in [5.41, 5.74) is 2.27. The van der Waals surface area contributed by atoms with Crippen molar-refractivity contribution in [3.05, 3.63) is 88.7 Å². The van der Waals surface area contributed by atoms with E-state index in [0.717, 1.165) is 5.56 Å². The van der Waals surface area contributed by atoms with Crippen molar-refractivity contribution >= 4 is 17.6 Å². The van der Waals surface area contributed by atoms with Crippen molar-refractivity contribution in [2.24, 2.45) is 0 Å². The molecule has 0 fully saturated rings. The highest BCUT2D eigenvalue weighted by atomic mass is 35.5. The summed E-state index contributed by atoms with van der Waals surface area (Å²) in [4.78, 5) is 11.0. The monoisotopic (exact) mass is 370 g/mol. The van der Waals surface area contributed by atoms with Crippen molar-refractivity contribution in [1.82, 2.24) is 0 Å². The quantitative estimate of drug-likeness (QED) is 0.636. The highest BCUT2D eigenvalue weighted by Crippen LogP contribution is 2.35. The lowest BCUT2D eigenvalue weighted by molar-refractivity contribution is -0.136. The van der Waals surface area contributed by atoms with Gasteiger partial charge >= 0.3 is 5.97 Å². The summed E-state index contributed by atoms with van der Waals surface area (Å²) in [5.74, 6) is -1.06. The molecule has 3 nitrogen and oxygen atoms in total. The van der Waals surface area contributed by atoms with Crippen LogP contribution < -0.4 is 4.74 Å². The number of hydrogen-bond acceptors (Lipinski definition) is 2. The van der Waals surface area contributed by atoms with Gasteiger partial charge in [-0.15, -0.1) is 0 Å². The number of carboxylic acids is 1. The minimum atomic E-state index is -0.958. The largest absolute Gasteiger partial charge is 0.488 e. The summed E-state index contributed by atoms with van der Waals surface area (Å²) in [7, 11) is 0. The number of carboxylic acid groups (broad SMARTS) is 1. The second-order valence-corrected chi connectivity index (χ2v) is 6.18. The molecule has 132 valence electrons. The highest BCUT2D eigenvalue weighted by Gasteiger charge is 2.15. The fourth-order valence-electron chi connectivity index (χ4n) is 2.65. The molecular formula is C21H16ClFO3. The van der Waals surface area contributed by atoms with Crippen molar-refractivity contribution in [3.63, 3.8) is 0 Å². The van der Waals surface area contributed by atoms with Gasteiger partial charge in [0.25, 0.3) is 0 Å². The van der Waals surface area contributed by atoms with Gasteiger partial charge in [0.2, 0.25) is 0 Å². The first-order valence-corrected chi connectivity index (χ1v) is 8.38. The molecule has 5 heteroatoms. The van der Waals surface area contributed by atoms with Gasteiger partial charge in [-0.2, -0.15) is 0 Å². The van der Waals surface area contributed by atoms with E-state index in [1.807, 2.05) is 30.3 Å². The topological polar surface area (TPSA) is 46.5 Å². The zero-order valence-corrected chi connectivity index (χ0v) is 14.5. The van der Waals surface area contributed by atoms with Gasteiger partial charge in [-0.3, -0.25) is 4.79 Å². The van der Waals surface area contributed by atoms with Crippen LogP contribution in [0, 0.1) is 5.82 Å². The standard InChI is InChI=1S/C21H16ClFO3/c22-18-8-4-7-16(21(18)23)17-11-15(12-20(24)25)9-10-19(17)26-13-14-5-2-1-3-6-14/h1-11H,12-13H2,(H,24,25). The number of rotatable bonds is 6. The number of ether oxygens (including phenoxy) is 1. The molecule has 0 aliphatic heterocycles. The Morgan fingerprint density at radius 1 is 0.962 bits per heavy atom. The smallest absolute Gasteiger partial charge is 0.307 e. The van der Waals surface area contributed by atoms with Crippen LogP contribution in [0.3, 0.4) is 0 Å². The zero-order valence-electron chi connectivity index (χ0n) is 13.8. The normalized spacial score (nSPS) is 10.5. The summed E-state index contributed by atoms with van der Waals surface area (Å²) >= 11 is 5.90. The summed E-state index contributed by atoms with van der Waals surface area (Å²) < 4.78 is 20.4. The number of hydrogen-bond donors (Lipinski definition) is 1. The first-order chi connectivity index (χ1) is 12.5. The van der Waals surface area contributed by atoms with Crippen molar-refractivity contribution in [3.8, 4) is 16.9 Å². The molecule has 0 amide bonds. The van der Waals surface area contributed by atoms with Gasteiger partial charge in [0.15, 0.2) is 0 Å². The molecule has 0 heterocycles. The fraction of sp³-hybridized carbons (Fsp3) is 0.0952. The first kappa shape index (κ1) is 18.0. The van der Waals surface area contributed by atoms with E-state index in [9.17, 15) is 9.18 Å². The predicted molar refractivity (Wildman–Crippen MR) is 99.0 cm³/mol. The Morgan fingerprint density at radius 2 is 1.73 bits per heavy atom. The average molecular weight is 371 g/mol. The Hall–Kier alpha value is -2.85. The number of carbonyl (C=O) groups is 1. The van der Waals surface area contributed by atoms with Crippen molar-refractivity contribution in [1.29, 1.82) is 0 Å². The van der Waals surface area contributed by atoms with Gasteiger partial charge < -0.3 is 9.84 Å². The molecule has 1 N–H and O–H groups in total. The van der Waals surface area contributed by atoms with Gasteiger partial charge in [0, 0.05) is 11.1 Å². The molecule has 0 saturated heterocycles. The van der Waals surface area contributed by atoms with Gasteiger partial charge in [-0.25, -0.2) is 4.39 Å². The molecule has 3 aromatic rings. The van der Waals surface area contributed by atoms with E-state index in [2.05, 4.69) is 0 Å². The second-order valence-electron chi connectivity index (χ2n) is 5.78. The van der Waals surface area contributed by atoms with Crippen LogP contribution in [-0.4, -0.2) is 11.1 Å². The highest BCUT2D eigenvalue weighted by molar-refractivity contribution is 6.31. The molecule has 0 atom stereocenters. The number of aliphatic carboxylic acids is 1. The Morgan fingerprint density at radius 3 is 2.46 bits per heavy atom. The van der Waals surface area contributed by atoms with Crippen LogP contribution in [0.25, 0.3) is 11.1 Å². The van der Waals surface area contributed by atoms with Crippen LogP contribution in [0.15, 0.2) is 66.7 Å². The number of benzene rings is 3. The van der Waals surface area contributed by atoms with Crippen molar-refractivity contribution in [2.75, 3.05) is 0 Å². The lowest BCUT2D eigenvalue weighted by Crippen LogP contribution is -2.02. The number of halogens is 2. The van der Waals surface area contributed by atoms with Gasteiger partial charge in [0.05, 0.1) is 11.4 Å². The third-order valence-electron chi connectivity index (χ3n) is 3.88. The lowest BCUT2D eigenvalue weighted by Gasteiger charge is -2.14. The third-order valence-corrected chi connectivity index (χ3v) is 4.17. The SMILES string of the molecule is O=C(O)Cc1ccc(OCc2ccccc2)c(-c2cccc(Cl)c2F)c1. The summed E-state index contributed by atoms with van der Waals surface area (Å²) in [6.45, 7) is 0.314. The molecule has 0 radical (unpaired) electrons. The van der Waals surface area contributed by atoms with E-state index in [1.165, 1.54) is 6.07 Å². The molecule has 3 aromatic carbocycles. The summed E-state index contributed by atoms with van der Waals surface area (Å²) in [6.07, 6.45) is -0.159. The van der Waals surface area contributed by atoms with E-state index in [1.54, 1.807) is 30.3 Å². The average Bonchev–Trinajstić information content (AvgIpc) is 2.63. The van der Waals surface area contributed by atoms with Crippen LogP contribution >= 0.6 is 11.6 Å². The summed E-state index contributed by atoms with van der Waals surface area (Å²) in [6, 6.07) is 19.3. The van der Waals surface area contributed by atoms with Crippen LogP contribution in [0.4, 0.5) is 4.39 Å². The summed E-state index contributed by atoms with van der Waals surface area (Å²) in [5, 5.41) is 9.02. The minimum Gasteiger partial charge on any atom is -0.488 e. The molecule has 0 saturated carbocycles. The Bertz CT molecular complexity index is 926. The van der Waals surface area contributed by atoms with Crippen LogP contribution in [-0.2, 0) is 17.8 Å². The molecule has 0 spiro atoms. The molecule has 0 aliphatic rings. The Balaban J connectivity index is 2.00. The van der Waals surface area contributed by atoms with E-state index in [-0.39, 0.29) is 17.0 Å². The van der Waals surface area contributed by atoms with E-state index in [0.29, 0.717) is 23.5 Å². The van der Waals surface area contributed by atoms with Crippen LogP contribution in [0.1, 0.15) is 11.1 Å².